The van der Waals surface area contributed by atoms with Gasteiger partial charge in [0.25, 0.3) is 9.84 Å². The summed E-state index contributed by atoms with van der Waals surface area (Å²) < 4.78 is 57.4. The van der Waals surface area contributed by atoms with Gasteiger partial charge < -0.3 is 0 Å². The highest BCUT2D eigenvalue weighted by molar-refractivity contribution is 7.96. The van der Waals surface area contributed by atoms with Crippen LogP contribution in [-0.2, 0) is 9.84 Å². The SMILES string of the molecule is C#CC/C=C\C=C(/C)S(=O)(=O)C(F)(F)F. The maximum Gasteiger partial charge on any atom is 0.501 e. The summed E-state index contributed by atoms with van der Waals surface area (Å²) in [7, 11) is -5.21. The molecule has 0 heterocycles. The molecule has 6 heteroatoms. The fourth-order valence-electron chi connectivity index (χ4n) is 0.612. The van der Waals surface area contributed by atoms with E-state index in [1.54, 1.807) is 0 Å². The Balaban J connectivity index is 4.89. The molecule has 0 unspecified atom stereocenters. The maximum absolute atomic E-state index is 12.0. The van der Waals surface area contributed by atoms with Crippen LogP contribution >= 0.6 is 0 Å². The zero-order valence-electron chi connectivity index (χ0n) is 7.88. The van der Waals surface area contributed by atoms with Gasteiger partial charge in [0, 0.05) is 6.42 Å². The molecule has 0 aliphatic heterocycles. The van der Waals surface area contributed by atoms with Gasteiger partial charge in [0.1, 0.15) is 0 Å². The number of rotatable bonds is 3. The molecular formula is C9H9F3O2S. The lowest BCUT2D eigenvalue weighted by atomic mass is 10.4. The van der Waals surface area contributed by atoms with Crippen molar-refractivity contribution in [1.29, 1.82) is 0 Å². The number of halogens is 3. The fraction of sp³-hybridized carbons (Fsp3) is 0.333. The van der Waals surface area contributed by atoms with E-state index in [9.17, 15) is 21.6 Å². The van der Waals surface area contributed by atoms with E-state index in [-0.39, 0.29) is 6.42 Å². The van der Waals surface area contributed by atoms with Crippen molar-refractivity contribution in [3.63, 3.8) is 0 Å². The van der Waals surface area contributed by atoms with Crippen LogP contribution in [0, 0.1) is 12.3 Å². The van der Waals surface area contributed by atoms with Gasteiger partial charge in [-0.15, -0.1) is 12.3 Å². The third kappa shape index (κ3) is 3.80. The minimum atomic E-state index is -5.26. The maximum atomic E-state index is 12.0. The highest BCUT2D eigenvalue weighted by Gasteiger charge is 2.46. The zero-order chi connectivity index (χ0) is 12.1. The first kappa shape index (κ1) is 13.8. The molecule has 0 radical (unpaired) electrons. The third-order valence-corrected chi connectivity index (χ3v) is 3.02. The van der Waals surface area contributed by atoms with Crippen LogP contribution in [0.15, 0.2) is 23.1 Å². The lowest BCUT2D eigenvalue weighted by molar-refractivity contribution is -0.0426. The number of hydrogen-bond acceptors (Lipinski definition) is 2. The number of terminal acetylenes is 1. The van der Waals surface area contributed by atoms with Crippen molar-refractivity contribution >= 4 is 9.84 Å². The van der Waals surface area contributed by atoms with E-state index in [1.165, 1.54) is 12.2 Å². The van der Waals surface area contributed by atoms with Crippen molar-refractivity contribution in [2.75, 3.05) is 0 Å². The van der Waals surface area contributed by atoms with Crippen LogP contribution < -0.4 is 0 Å². The second kappa shape index (κ2) is 5.03. The Hall–Kier alpha value is -1.22. The van der Waals surface area contributed by atoms with Gasteiger partial charge in [-0.1, -0.05) is 12.2 Å². The van der Waals surface area contributed by atoms with E-state index >= 15 is 0 Å². The van der Waals surface area contributed by atoms with Crippen molar-refractivity contribution in [3.8, 4) is 12.3 Å². The summed E-state index contributed by atoms with van der Waals surface area (Å²) >= 11 is 0. The Morgan fingerprint density at radius 1 is 1.47 bits per heavy atom. The van der Waals surface area contributed by atoms with E-state index in [0.717, 1.165) is 13.0 Å². The number of hydrogen-bond donors (Lipinski definition) is 0. The van der Waals surface area contributed by atoms with Gasteiger partial charge in [-0.25, -0.2) is 8.42 Å². The summed E-state index contributed by atoms with van der Waals surface area (Å²) in [6.07, 6.45) is 8.54. The summed E-state index contributed by atoms with van der Waals surface area (Å²) in [5, 5.41) is 0. The molecule has 84 valence electrons. The van der Waals surface area contributed by atoms with Gasteiger partial charge >= 0.3 is 5.51 Å². The second-order valence-corrected chi connectivity index (χ2v) is 4.68. The highest BCUT2D eigenvalue weighted by Crippen LogP contribution is 2.28. The largest absolute Gasteiger partial charge is 0.501 e. The summed E-state index contributed by atoms with van der Waals surface area (Å²) in [4.78, 5) is -0.761. The summed E-state index contributed by atoms with van der Waals surface area (Å²) in [5.74, 6) is 2.22. The minimum Gasteiger partial charge on any atom is -0.215 e. The molecule has 0 amide bonds. The molecule has 2 nitrogen and oxygen atoms in total. The first-order valence-corrected chi connectivity index (χ1v) is 5.30. The minimum absolute atomic E-state index is 0.232. The molecular weight excluding hydrogens is 229 g/mol. The smallest absolute Gasteiger partial charge is 0.215 e. The summed E-state index contributed by atoms with van der Waals surface area (Å²) in [5.41, 5.74) is -5.26. The van der Waals surface area contributed by atoms with Gasteiger partial charge in [-0.2, -0.15) is 13.2 Å². The molecule has 0 aliphatic carbocycles. The fourth-order valence-corrected chi connectivity index (χ4v) is 1.23. The summed E-state index contributed by atoms with van der Waals surface area (Å²) in [6, 6.07) is 0. The van der Waals surface area contributed by atoms with Crippen molar-refractivity contribution in [1.82, 2.24) is 0 Å². The predicted octanol–water partition coefficient (Wildman–Crippen LogP) is 2.40. The van der Waals surface area contributed by atoms with Crippen LogP contribution in [0.3, 0.4) is 0 Å². The quantitative estimate of drug-likeness (QED) is 0.559. The molecule has 0 bridgehead atoms. The Kier molecular flexibility index (Phi) is 4.62. The van der Waals surface area contributed by atoms with E-state index in [4.69, 9.17) is 6.42 Å². The van der Waals surface area contributed by atoms with Crippen LogP contribution in [0.4, 0.5) is 13.2 Å². The molecule has 15 heavy (non-hydrogen) atoms. The average Bonchev–Trinajstić information content (AvgIpc) is 2.10. The van der Waals surface area contributed by atoms with Crippen LogP contribution in [0.1, 0.15) is 13.3 Å². The highest BCUT2D eigenvalue weighted by atomic mass is 32.2. The first-order valence-electron chi connectivity index (χ1n) is 3.81. The molecule has 0 rings (SSSR count). The van der Waals surface area contributed by atoms with E-state index in [0.29, 0.717) is 0 Å². The monoisotopic (exact) mass is 238 g/mol. The predicted molar refractivity (Wildman–Crippen MR) is 51.3 cm³/mol. The van der Waals surface area contributed by atoms with Gasteiger partial charge in [0.15, 0.2) is 0 Å². The topological polar surface area (TPSA) is 34.1 Å². The normalized spacial score (nSPS) is 14.2. The Bertz CT molecular complexity index is 408. The Morgan fingerprint density at radius 3 is 2.40 bits per heavy atom. The van der Waals surface area contributed by atoms with Crippen LogP contribution in [0.25, 0.3) is 0 Å². The van der Waals surface area contributed by atoms with Crippen molar-refractivity contribution in [2.45, 2.75) is 18.9 Å². The van der Waals surface area contributed by atoms with E-state index in [1.807, 2.05) is 0 Å². The average molecular weight is 238 g/mol. The molecule has 0 aromatic rings. The van der Waals surface area contributed by atoms with Crippen LogP contribution in [-0.4, -0.2) is 13.9 Å². The van der Waals surface area contributed by atoms with E-state index < -0.39 is 20.3 Å². The van der Waals surface area contributed by atoms with Gasteiger partial charge in [-0.3, -0.25) is 0 Å². The third-order valence-electron chi connectivity index (χ3n) is 1.43. The van der Waals surface area contributed by atoms with Crippen molar-refractivity contribution in [2.24, 2.45) is 0 Å². The Labute approximate surface area is 86.4 Å². The van der Waals surface area contributed by atoms with Gasteiger partial charge in [-0.05, 0) is 13.0 Å². The van der Waals surface area contributed by atoms with Gasteiger partial charge in [0.05, 0.1) is 4.91 Å². The van der Waals surface area contributed by atoms with E-state index in [2.05, 4.69) is 5.92 Å². The molecule has 0 aromatic heterocycles. The molecule has 0 spiro atoms. The standard InChI is InChI=1S/C9H9F3O2S/c1-3-4-5-6-7-8(2)15(13,14)9(10,11)12/h1,5-7H,4H2,2H3/b6-5-,8-7+. The number of alkyl halides is 3. The van der Waals surface area contributed by atoms with Gasteiger partial charge in [0.2, 0.25) is 0 Å². The number of allylic oxidation sites excluding steroid dienone is 4. The molecule has 0 N–H and O–H groups in total. The molecule has 0 aromatic carbocycles. The number of sulfone groups is 1. The van der Waals surface area contributed by atoms with Crippen LogP contribution in [0.2, 0.25) is 0 Å². The Morgan fingerprint density at radius 2 is 2.00 bits per heavy atom. The zero-order valence-corrected chi connectivity index (χ0v) is 8.69. The molecule has 0 fully saturated rings. The first-order chi connectivity index (χ1) is 6.73. The van der Waals surface area contributed by atoms with Crippen molar-refractivity contribution < 1.29 is 21.6 Å². The van der Waals surface area contributed by atoms with Crippen LogP contribution in [0.5, 0.6) is 0 Å². The second-order valence-electron chi connectivity index (χ2n) is 2.56. The molecule has 0 atom stereocenters. The molecule has 0 saturated carbocycles. The molecule has 0 saturated heterocycles. The lowest BCUT2D eigenvalue weighted by Gasteiger charge is -2.06. The summed E-state index contributed by atoms with van der Waals surface area (Å²) in [6.45, 7) is 0.878. The van der Waals surface area contributed by atoms with Crippen molar-refractivity contribution in [3.05, 3.63) is 23.1 Å². The lowest BCUT2D eigenvalue weighted by Crippen LogP contribution is -2.23. The molecule has 0 aliphatic rings.